The highest BCUT2D eigenvalue weighted by molar-refractivity contribution is 4.85. The van der Waals surface area contributed by atoms with Crippen molar-refractivity contribution >= 4 is 0 Å². The van der Waals surface area contributed by atoms with E-state index in [1.807, 2.05) is 26.0 Å². The van der Waals surface area contributed by atoms with Crippen LogP contribution in [0, 0.1) is 0 Å². The SMILES string of the molecule is CC.CCCC1(OC)CCN(N)CC1. The van der Waals surface area contributed by atoms with E-state index in [1.54, 1.807) is 0 Å². The molecule has 0 spiro atoms. The number of hydrogen-bond donors (Lipinski definition) is 1. The molecule has 0 radical (unpaired) electrons. The maximum atomic E-state index is 5.68. The number of ether oxygens (including phenoxy) is 1. The summed E-state index contributed by atoms with van der Waals surface area (Å²) >= 11 is 0. The van der Waals surface area contributed by atoms with Gasteiger partial charge >= 0.3 is 0 Å². The zero-order valence-corrected chi connectivity index (χ0v) is 10.2. The molecular formula is C11H26N2O. The summed E-state index contributed by atoms with van der Waals surface area (Å²) in [6, 6.07) is 0. The summed E-state index contributed by atoms with van der Waals surface area (Å²) < 4.78 is 5.59. The predicted molar refractivity (Wildman–Crippen MR) is 61.0 cm³/mol. The van der Waals surface area contributed by atoms with Crippen molar-refractivity contribution in [2.24, 2.45) is 5.84 Å². The van der Waals surface area contributed by atoms with Gasteiger partial charge in [-0.3, -0.25) is 5.84 Å². The molecule has 1 saturated heterocycles. The molecule has 1 heterocycles. The topological polar surface area (TPSA) is 38.5 Å². The molecule has 1 aliphatic heterocycles. The first-order chi connectivity index (χ1) is 6.72. The monoisotopic (exact) mass is 202 g/mol. The van der Waals surface area contributed by atoms with Crippen LogP contribution in [0.15, 0.2) is 0 Å². The van der Waals surface area contributed by atoms with Crippen molar-refractivity contribution in [1.29, 1.82) is 0 Å². The lowest BCUT2D eigenvalue weighted by atomic mass is 9.87. The number of piperidine rings is 1. The van der Waals surface area contributed by atoms with Gasteiger partial charge in [-0.15, -0.1) is 0 Å². The minimum atomic E-state index is 0.130. The van der Waals surface area contributed by atoms with Crippen LogP contribution in [-0.4, -0.2) is 30.8 Å². The molecule has 0 aromatic carbocycles. The fourth-order valence-corrected chi connectivity index (χ4v) is 1.94. The molecule has 3 nitrogen and oxygen atoms in total. The maximum absolute atomic E-state index is 5.68. The van der Waals surface area contributed by atoms with E-state index in [9.17, 15) is 0 Å². The van der Waals surface area contributed by atoms with Gasteiger partial charge in [-0.05, 0) is 19.3 Å². The van der Waals surface area contributed by atoms with Crippen LogP contribution in [0.2, 0.25) is 0 Å². The highest BCUT2D eigenvalue weighted by Crippen LogP contribution is 2.29. The minimum Gasteiger partial charge on any atom is -0.378 e. The molecule has 3 heteroatoms. The Labute approximate surface area is 88.6 Å². The molecule has 0 unspecified atom stereocenters. The molecule has 0 bridgehead atoms. The molecular weight excluding hydrogens is 176 g/mol. The molecule has 1 fully saturated rings. The zero-order chi connectivity index (χ0) is 11.0. The Kier molecular flexibility index (Phi) is 7.15. The van der Waals surface area contributed by atoms with Crippen LogP contribution in [0.5, 0.6) is 0 Å². The van der Waals surface area contributed by atoms with Crippen LogP contribution in [-0.2, 0) is 4.74 Å². The molecule has 0 aromatic heterocycles. The van der Waals surface area contributed by atoms with Crippen LogP contribution >= 0.6 is 0 Å². The fourth-order valence-electron chi connectivity index (χ4n) is 1.94. The van der Waals surface area contributed by atoms with E-state index >= 15 is 0 Å². The average Bonchev–Trinajstić information content (AvgIpc) is 2.25. The molecule has 0 atom stereocenters. The first-order valence-electron chi connectivity index (χ1n) is 5.77. The van der Waals surface area contributed by atoms with Gasteiger partial charge < -0.3 is 4.74 Å². The quantitative estimate of drug-likeness (QED) is 0.713. The lowest BCUT2D eigenvalue weighted by molar-refractivity contribution is -0.0632. The summed E-state index contributed by atoms with van der Waals surface area (Å²) in [4.78, 5) is 0. The molecule has 0 aromatic rings. The predicted octanol–water partition coefficient (Wildman–Crippen LogP) is 2.17. The third-order valence-electron chi connectivity index (χ3n) is 2.85. The van der Waals surface area contributed by atoms with Crippen LogP contribution in [0.1, 0.15) is 46.5 Å². The summed E-state index contributed by atoms with van der Waals surface area (Å²) in [5.74, 6) is 5.68. The Balaban J connectivity index is 0.000000791. The van der Waals surface area contributed by atoms with E-state index in [0.717, 1.165) is 32.4 Å². The van der Waals surface area contributed by atoms with Crippen molar-refractivity contribution in [3.05, 3.63) is 0 Å². The summed E-state index contributed by atoms with van der Waals surface area (Å²) in [7, 11) is 1.82. The van der Waals surface area contributed by atoms with Gasteiger partial charge in [-0.1, -0.05) is 27.2 Å². The van der Waals surface area contributed by atoms with E-state index in [4.69, 9.17) is 10.6 Å². The van der Waals surface area contributed by atoms with Crippen molar-refractivity contribution in [2.75, 3.05) is 20.2 Å². The number of nitrogens with zero attached hydrogens (tertiary/aromatic N) is 1. The third kappa shape index (κ3) is 3.95. The van der Waals surface area contributed by atoms with Gasteiger partial charge in [0.1, 0.15) is 0 Å². The molecule has 86 valence electrons. The van der Waals surface area contributed by atoms with Gasteiger partial charge in [0.2, 0.25) is 0 Å². The Hall–Kier alpha value is -0.120. The largest absolute Gasteiger partial charge is 0.378 e. The van der Waals surface area contributed by atoms with E-state index < -0.39 is 0 Å². The second kappa shape index (κ2) is 7.21. The number of hydrazine groups is 1. The second-order valence-electron chi connectivity index (χ2n) is 3.67. The van der Waals surface area contributed by atoms with Gasteiger partial charge in [0.25, 0.3) is 0 Å². The summed E-state index contributed by atoms with van der Waals surface area (Å²) in [6.07, 6.45) is 4.51. The smallest absolute Gasteiger partial charge is 0.0704 e. The Morgan fingerprint density at radius 1 is 1.29 bits per heavy atom. The van der Waals surface area contributed by atoms with E-state index in [0.29, 0.717) is 0 Å². The minimum absolute atomic E-state index is 0.130. The number of hydrogen-bond acceptors (Lipinski definition) is 3. The van der Waals surface area contributed by atoms with E-state index in [2.05, 4.69) is 6.92 Å². The highest BCUT2D eigenvalue weighted by Gasteiger charge is 2.32. The van der Waals surface area contributed by atoms with Crippen molar-refractivity contribution in [2.45, 2.75) is 52.1 Å². The normalized spacial score (nSPS) is 21.2. The van der Waals surface area contributed by atoms with E-state index in [1.165, 1.54) is 6.42 Å². The molecule has 0 saturated carbocycles. The van der Waals surface area contributed by atoms with Crippen LogP contribution in [0.4, 0.5) is 0 Å². The maximum Gasteiger partial charge on any atom is 0.0704 e. The van der Waals surface area contributed by atoms with Crippen LogP contribution in [0.3, 0.4) is 0 Å². The number of methoxy groups -OCH3 is 1. The average molecular weight is 202 g/mol. The standard InChI is InChI=1S/C9H20N2O.C2H6/c1-3-4-9(12-2)5-7-11(10)8-6-9;1-2/h3-8,10H2,1-2H3;1-2H3. The number of rotatable bonds is 3. The summed E-state index contributed by atoms with van der Waals surface area (Å²) in [6.45, 7) is 8.14. The molecule has 1 rings (SSSR count). The van der Waals surface area contributed by atoms with Crippen molar-refractivity contribution in [1.82, 2.24) is 5.01 Å². The number of nitrogens with two attached hydrogens (primary N) is 1. The zero-order valence-electron chi connectivity index (χ0n) is 10.2. The van der Waals surface area contributed by atoms with Gasteiger partial charge in [0.05, 0.1) is 5.60 Å². The first-order valence-corrected chi connectivity index (χ1v) is 5.77. The summed E-state index contributed by atoms with van der Waals surface area (Å²) in [5.41, 5.74) is 0.130. The van der Waals surface area contributed by atoms with Crippen molar-refractivity contribution in [3.63, 3.8) is 0 Å². The van der Waals surface area contributed by atoms with Crippen molar-refractivity contribution in [3.8, 4) is 0 Å². The second-order valence-corrected chi connectivity index (χ2v) is 3.67. The van der Waals surface area contributed by atoms with Gasteiger partial charge in [-0.2, -0.15) is 0 Å². The molecule has 1 aliphatic rings. The van der Waals surface area contributed by atoms with Crippen molar-refractivity contribution < 1.29 is 4.74 Å². The molecule has 2 N–H and O–H groups in total. The lowest BCUT2D eigenvalue weighted by Crippen LogP contribution is -2.48. The summed E-state index contributed by atoms with van der Waals surface area (Å²) in [5, 5.41) is 1.88. The van der Waals surface area contributed by atoms with E-state index in [-0.39, 0.29) is 5.60 Å². The highest BCUT2D eigenvalue weighted by atomic mass is 16.5. The molecule has 0 aliphatic carbocycles. The molecule has 14 heavy (non-hydrogen) atoms. The fraction of sp³-hybridized carbons (Fsp3) is 1.00. The first kappa shape index (κ1) is 13.9. The van der Waals surface area contributed by atoms with Crippen LogP contribution in [0.25, 0.3) is 0 Å². The van der Waals surface area contributed by atoms with Gasteiger partial charge in [0, 0.05) is 20.2 Å². The molecule has 0 amide bonds. The Morgan fingerprint density at radius 3 is 2.14 bits per heavy atom. The lowest BCUT2D eigenvalue weighted by Gasteiger charge is -2.39. The van der Waals surface area contributed by atoms with Gasteiger partial charge in [-0.25, -0.2) is 5.01 Å². The third-order valence-corrected chi connectivity index (χ3v) is 2.85. The van der Waals surface area contributed by atoms with Gasteiger partial charge in [0.15, 0.2) is 0 Å². The van der Waals surface area contributed by atoms with Crippen LogP contribution < -0.4 is 5.84 Å². The Morgan fingerprint density at radius 2 is 1.79 bits per heavy atom. The Bertz CT molecular complexity index is 131.